The molecule has 34 heavy (non-hydrogen) atoms. The molecule has 178 valence electrons. The molecule has 0 unspecified atom stereocenters. The number of methoxy groups -OCH3 is 1. The Bertz CT molecular complexity index is 1180. The minimum Gasteiger partial charge on any atom is -0.465 e. The van der Waals surface area contributed by atoms with Crippen molar-refractivity contribution in [2.24, 2.45) is 0 Å². The normalized spacial score (nSPS) is 15.1. The summed E-state index contributed by atoms with van der Waals surface area (Å²) in [6.07, 6.45) is -0.205. The highest BCUT2D eigenvalue weighted by Crippen LogP contribution is 2.34. The van der Waals surface area contributed by atoms with Crippen LogP contribution in [0.5, 0.6) is 0 Å². The second-order valence-corrected chi connectivity index (χ2v) is 8.96. The first-order valence-electron chi connectivity index (χ1n) is 10.5. The van der Waals surface area contributed by atoms with E-state index in [-0.39, 0.29) is 22.5 Å². The summed E-state index contributed by atoms with van der Waals surface area (Å²) in [7, 11) is 1.21. The molecule has 0 bridgehead atoms. The summed E-state index contributed by atoms with van der Waals surface area (Å²) < 4.78 is 10.5. The van der Waals surface area contributed by atoms with Crippen molar-refractivity contribution in [3.8, 4) is 0 Å². The average molecular weight is 503 g/mol. The van der Waals surface area contributed by atoms with Gasteiger partial charge in [-0.1, -0.05) is 54.4 Å². The van der Waals surface area contributed by atoms with Crippen molar-refractivity contribution >= 4 is 52.6 Å². The maximum atomic E-state index is 13.2. The van der Waals surface area contributed by atoms with E-state index in [1.54, 1.807) is 62.4 Å². The van der Waals surface area contributed by atoms with Crippen LogP contribution in [-0.4, -0.2) is 30.7 Å². The fourth-order valence-corrected chi connectivity index (χ4v) is 3.45. The van der Waals surface area contributed by atoms with E-state index < -0.39 is 23.6 Å². The number of alkyl carbamates (subject to hydrolysis) is 1. The molecule has 0 saturated heterocycles. The molecule has 2 aromatic carbocycles. The quantitative estimate of drug-likeness (QED) is 0.411. The van der Waals surface area contributed by atoms with Gasteiger partial charge in [0.2, 0.25) is 0 Å². The lowest BCUT2D eigenvalue weighted by molar-refractivity contribution is -0.136. The van der Waals surface area contributed by atoms with Gasteiger partial charge in [-0.3, -0.25) is 10.1 Å². The van der Waals surface area contributed by atoms with Crippen molar-refractivity contribution in [1.82, 2.24) is 10.6 Å². The Hall–Kier alpha value is -3.29. The fraction of sp³-hybridized carbons (Fsp3) is 0.240. The van der Waals surface area contributed by atoms with Crippen molar-refractivity contribution in [3.05, 3.63) is 80.8 Å². The molecule has 0 saturated carbocycles. The van der Waals surface area contributed by atoms with Crippen LogP contribution in [0, 0.1) is 0 Å². The highest BCUT2D eigenvalue weighted by atomic mass is 35.5. The summed E-state index contributed by atoms with van der Waals surface area (Å²) in [6, 6.07) is 13.1. The molecule has 9 heteroatoms. The van der Waals surface area contributed by atoms with Gasteiger partial charge in [0.05, 0.1) is 29.7 Å². The minimum absolute atomic E-state index is 0.0326. The van der Waals surface area contributed by atoms with E-state index in [0.717, 1.165) is 0 Å². The van der Waals surface area contributed by atoms with Crippen molar-refractivity contribution in [2.45, 2.75) is 32.8 Å². The molecule has 0 aliphatic carbocycles. The number of benzene rings is 2. The maximum Gasteiger partial charge on any atom is 0.412 e. The molecule has 1 aliphatic rings. The zero-order valence-electron chi connectivity index (χ0n) is 19.1. The Morgan fingerprint density at radius 1 is 1.00 bits per heavy atom. The van der Waals surface area contributed by atoms with E-state index in [1.807, 2.05) is 6.92 Å². The van der Waals surface area contributed by atoms with Crippen molar-refractivity contribution < 1.29 is 23.9 Å². The molecule has 0 atom stereocenters. The molecule has 2 amide bonds. The average Bonchev–Trinajstić information content (AvgIpc) is 3.14. The molecule has 3 rings (SSSR count). The van der Waals surface area contributed by atoms with Crippen LogP contribution in [0.3, 0.4) is 0 Å². The van der Waals surface area contributed by atoms with Gasteiger partial charge in [-0.05, 0) is 55.7 Å². The number of rotatable bonds is 6. The van der Waals surface area contributed by atoms with Gasteiger partial charge in [0, 0.05) is 10.0 Å². The standard InChI is InChI=1S/C25H24Cl2N2O5/c1-5-25(2,3)34-24(32)29-20(14-6-10-16(26)11-7-14)18-19(23(31)33-4)21(28-22(18)30)15-8-12-17(27)13-9-15/h6-13H,5H2,1-4H3,(H,28,30)(H,29,32)/b20-18+. The van der Waals surface area contributed by atoms with E-state index in [4.69, 9.17) is 32.7 Å². The molecule has 0 spiro atoms. The van der Waals surface area contributed by atoms with Gasteiger partial charge in [-0.2, -0.15) is 0 Å². The zero-order chi connectivity index (χ0) is 25.0. The second kappa shape index (κ2) is 10.3. The summed E-state index contributed by atoms with van der Waals surface area (Å²) >= 11 is 12.0. The molecule has 2 aromatic rings. The number of esters is 1. The molecule has 1 aliphatic heterocycles. The minimum atomic E-state index is -0.777. The maximum absolute atomic E-state index is 13.2. The third kappa shape index (κ3) is 5.61. The van der Waals surface area contributed by atoms with E-state index in [9.17, 15) is 14.4 Å². The van der Waals surface area contributed by atoms with Crippen molar-refractivity contribution in [1.29, 1.82) is 0 Å². The molecule has 7 nitrogen and oxygen atoms in total. The predicted molar refractivity (Wildman–Crippen MR) is 131 cm³/mol. The lowest BCUT2D eigenvalue weighted by atomic mass is 9.98. The lowest BCUT2D eigenvalue weighted by Crippen LogP contribution is -2.34. The topological polar surface area (TPSA) is 93.7 Å². The van der Waals surface area contributed by atoms with Crippen LogP contribution in [0.15, 0.2) is 59.7 Å². The Balaban J connectivity index is 2.23. The summed E-state index contributed by atoms with van der Waals surface area (Å²) in [6.45, 7) is 5.41. The van der Waals surface area contributed by atoms with Crippen LogP contribution < -0.4 is 10.6 Å². The van der Waals surface area contributed by atoms with Crippen LogP contribution in [-0.2, 0) is 19.1 Å². The van der Waals surface area contributed by atoms with E-state index in [2.05, 4.69) is 10.6 Å². The lowest BCUT2D eigenvalue weighted by Gasteiger charge is -2.24. The zero-order valence-corrected chi connectivity index (χ0v) is 20.6. The van der Waals surface area contributed by atoms with Crippen LogP contribution in [0.2, 0.25) is 10.0 Å². The van der Waals surface area contributed by atoms with Gasteiger partial charge in [0.25, 0.3) is 5.91 Å². The first-order chi connectivity index (χ1) is 16.1. The molecular weight excluding hydrogens is 479 g/mol. The molecular formula is C25H24Cl2N2O5. The third-order valence-electron chi connectivity index (χ3n) is 5.32. The smallest absolute Gasteiger partial charge is 0.412 e. The number of hydrogen-bond acceptors (Lipinski definition) is 5. The highest BCUT2D eigenvalue weighted by molar-refractivity contribution is 6.31. The molecule has 0 aromatic heterocycles. The van der Waals surface area contributed by atoms with Gasteiger partial charge in [0.15, 0.2) is 0 Å². The molecule has 2 N–H and O–H groups in total. The summed E-state index contributed by atoms with van der Waals surface area (Å²) in [5, 5.41) is 6.33. The summed E-state index contributed by atoms with van der Waals surface area (Å²) in [5.41, 5.74) is 0.459. The summed E-state index contributed by atoms with van der Waals surface area (Å²) in [4.78, 5) is 38.9. The number of carbonyl (C=O) groups is 3. The number of amides is 2. The Kier molecular flexibility index (Phi) is 7.69. The second-order valence-electron chi connectivity index (χ2n) is 8.09. The predicted octanol–water partition coefficient (Wildman–Crippen LogP) is 5.33. The highest BCUT2D eigenvalue weighted by Gasteiger charge is 2.37. The van der Waals surface area contributed by atoms with E-state index in [1.165, 1.54) is 7.11 Å². The summed E-state index contributed by atoms with van der Waals surface area (Å²) in [5.74, 6) is -1.35. The number of hydrogen-bond donors (Lipinski definition) is 2. The SMILES string of the molecule is CCC(C)(C)OC(=O)N/C(=C1/C(=O)NC(c2ccc(Cl)cc2)=C1C(=O)OC)c1ccc(Cl)cc1. The van der Waals surface area contributed by atoms with Crippen LogP contribution >= 0.6 is 23.2 Å². The van der Waals surface area contributed by atoms with Gasteiger partial charge < -0.3 is 14.8 Å². The van der Waals surface area contributed by atoms with Gasteiger partial charge in [-0.25, -0.2) is 9.59 Å². The van der Waals surface area contributed by atoms with Crippen LogP contribution in [0.4, 0.5) is 4.79 Å². The van der Waals surface area contributed by atoms with Crippen LogP contribution in [0.1, 0.15) is 38.3 Å². The van der Waals surface area contributed by atoms with Crippen molar-refractivity contribution in [2.75, 3.05) is 7.11 Å². The van der Waals surface area contributed by atoms with E-state index >= 15 is 0 Å². The van der Waals surface area contributed by atoms with Gasteiger partial charge in [0.1, 0.15) is 5.60 Å². The fourth-order valence-electron chi connectivity index (χ4n) is 3.20. The Morgan fingerprint density at radius 2 is 1.56 bits per heavy atom. The van der Waals surface area contributed by atoms with Crippen LogP contribution in [0.25, 0.3) is 11.4 Å². The van der Waals surface area contributed by atoms with E-state index in [0.29, 0.717) is 27.6 Å². The third-order valence-corrected chi connectivity index (χ3v) is 5.82. The number of nitrogens with one attached hydrogen (secondary N) is 2. The molecule has 0 fully saturated rings. The number of ether oxygens (including phenoxy) is 2. The van der Waals surface area contributed by atoms with Crippen molar-refractivity contribution in [3.63, 3.8) is 0 Å². The Labute approximate surface area is 207 Å². The number of carbonyl (C=O) groups excluding carboxylic acids is 3. The van der Waals surface area contributed by atoms with Gasteiger partial charge >= 0.3 is 12.1 Å². The first-order valence-corrected chi connectivity index (χ1v) is 11.2. The first kappa shape index (κ1) is 25.3. The number of halogens is 2. The molecule has 0 radical (unpaired) electrons. The molecule has 1 heterocycles. The largest absolute Gasteiger partial charge is 0.465 e. The Morgan fingerprint density at radius 3 is 2.09 bits per heavy atom. The van der Waals surface area contributed by atoms with Gasteiger partial charge in [-0.15, -0.1) is 0 Å². The monoisotopic (exact) mass is 502 g/mol.